The van der Waals surface area contributed by atoms with E-state index in [1.807, 2.05) is 6.07 Å². The fraction of sp³-hybridized carbons (Fsp3) is 0.169. The molecule has 0 spiro atoms. The quantitative estimate of drug-likeness (QED) is 0.160. The third-order valence-electron chi connectivity index (χ3n) is 13.0. The lowest BCUT2D eigenvalue weighted by Crippen LogP contribution is -2.26. The Morgan fingerprint density at radius 2 is 1.12 bits per heavy atom. The van der Waals surface area contributed by atoms with Crippen LogP contribution in [0.25, 0.3) is 61.0 Å². The van der Waals surface area contributed by atoms with Gasteiger partial charge >= 0.3 is 0 Å². The van der Waals surface area contributed by atoms with E-state index in [0.717, 1.165) is 67.1 Å². The molecular formula is C59H52N4O2. The molecule has 4 heterocycles. The SMILES string of the molecule is Cc1cc(-n2c3ccccc3c3ccc(Oc4cc(N5CN(c6c(-c7ccccc7)cc(C(C)(C)C)cc6-c6ccccc6)c6ccccc65)cc(C(C)(C)C)c4)cc32)nc2occc12. The molecule has 0 unspecified atom stereocenters. The number of benzene rings is 7. The maximum atomic E-state index is 7.00. The molecular weight excluding hydrogens is 797 g/mol. The first-order valence-corrected chi connectivity index (χ1v) is 22.5. The molecule has 0 N–H and O–H groups in total. The molecule has 0 saturated heterocycles. The van der Waals surface area contributed by atoms with Gasteiger partial charge in [0.05, 0.1) is 34.4 Å². The molecule has 0 atom stereocenters. The Labute approximate surface area is 381 Å². The van der Waals surface area contributed by atoms with Crippen LogP contribution in [0.3, 0.4) is 0 Å². The van der Waals surface area contributed by atoms with Gasteiger partial charge < -0.3 is 19.0 Å². The molecule has 10 aromatic rings. The summed E-state index contributed by atoms with van der Waals surface area (Å²) in [6.45, 7) is 16.4. The highest BCUT2D eigenvalue weighted by atomic mass is 16.5. The fourth-order valence-corrected chi connectivity index (χ4v) is 9.50. The number of aromatic nitrogens is 2. The summed E-state index contributed by atoms with van der Waals surface area (Å²) in [5.74, 6) is 2.33. The summed E-state index contributed by atoms with van der Waals surface area (Å²) in [4.78, 5) is 9.96. The third-order valence-corrected chi connectivity index (χ3v) is 13.0. The summed E-state index contributed by atoms with van der Waals surface area (Å²) in [5.41, 5.74) is 15.5. The minimum atomic E-state index is -0.152. The molecule has 6 heteroatoms. The molecule has 1 aliphatic heterocycles. The Hall–Kier alpha value is -7.57. The van der Waals surface area contributed by atoms with E-state index in [-0.39, 0.29) is 10.8 Å². The topological polar surface area (TPSA) is 46.7 Å². The number of nitrogens with zero attached hydrogens (tertiary/aromatic N) is 4. The number of pyridine rings is 1. The fourth-order valence-electron chi connectivity index (χ4n) is 9.50. The van der Waals surface area contributed by atoms with Gasteiger partial charge in [-0.05, 0) is 112 Å². The van der Waals surface area contributed by atoms with Crippen molar-refractivity contribution >= 4 is 55.7 Å². The molecule has 0 amide bonds. The molecule has 11 rings (SSSR count). The minimum Gasteiger partial charge on any atom is -0.457 e. The van der Waals surface area contributed by atoms with Gasteiger partial charge in [0.2, 0.25) is 5.71 Å². The van der Waals surface area contributed by atoms with E-state index in [1.165, 1.54) is 39.1 Å². The predicted molar refractivity (Wildman–Crippen MR) is 270 cm³/mol. The van der Waals surface area contributed by atoms with Gasteiger partial charge in [-0.1, -0.05) is 133 Å². The van der Waals surface area contributed by atoms with E-state index < -0.39 is 0 Å². The number of fused-ring (bicyclic) bond motifs is 5. The van der Waals surface area contributed by atoms with E-state index in [1.54, 1.807) is 6.26 Å². The zero-order valence-electron chi connectivity index (χ0n) is 38.1. The zero-order chi connectivity index (χ0) is 44.6. The van der Waals surface area contributed by atoms with Crippen molar-refractivity contribution in [1.82, 2.24) is 9.55 Å². The van der Waals surface area contributed by atoms with Crippen LogP contribution >= 0.6 is 0 Å². The first-order chi connectivity index (χ1) is 31.4. The van der Waals surface area contributed by atoms with E-state index in [0.29, 0.717) is 12.4 Å². The Morgan fingerprint density at radius 1 is 0.523 bits per heavy atom. The van der Waals surface area contributed by atoms with Crippen LogP contribution < -0.4 is 14.5 Å². The van der Waals surface area contributed by atoms with Crippen molar-refractivity contribution in [2.75, 3.05) is 16.5 Å². The van der Waals surface area contributed by atoms with Crippen molar-refractivity contribution in [3.8, 4) is 39.6 Å². The van der Waals surface area contributed by atoms with E-state index >= 15 is 0 Å². The number of ether oxygens (including phenoxy) is 1. The average molecular weight is 849 g/mol. The third kappa shape index (κ3) is 7.10. The highest BCUT2D eigenvalue weighted by molar-refractivity contribution is 6.09. The van der Waals surface area contributed by atoms with Crippen molar-refractivity contribution in [1.29, 1.82) is 0 Å². The summed E-state index contributed by atoms with van der Waals surface area (Å²) in [6.07, 6.45) is 1.71. The van der Waals surface area contributed by atoms with Gasteiger partial charge in [0, 0.05) is 45.1 Å². The average Bonchev–Trinajstić information content (AvgIpc) is 4.03. The number of hydrogen-bond donors (Lipinski definition) is 0. The molecule has 65 heavy (non-hydrogen) atoms. The van der Waals surface area contributed by atoms with E-state index in [9.17, 15) is 0 Å². The summed E-state index contributed by atoms with van der Waals surface area (Å²) >= 11 is 0. The van der Waals surface area contributed by atoms with Crippen LogP contribution in [0.2, 0.25) is 0 Å². The molecule has 0 aliphatic carbocycles. The van der Waals surface area contributed by atoms with Gasteiger partial charge in [-0.25, -0.2) is 0 Å². The van der Waals surface area contributed by atoms with Crippen LogP contribution in [0, 0.1) is 6.92 Å². The molecule has 0 fully saturated rings. The summed E-state index contributed by atoms with van der Waals surface area (Å²) in [7, 11) is 0. The maximum absolute atomic E-state index is 7.00. The van der Waals surface area contributed by atoms with E-state index in [4.69, 9.17) is 14.1 Å². The van der Waals surface area contributed by atoms with Crippen LogP contribution in [0.5, 0.6) is 11.5 Å². The highest BCUT2D eigenvalue weighted by Gasteiger charge is 2.33. The van der Waals surface area contributed by atoms with E-state index in [2.05, 4.69) is 227 Å². The number of aryl methyl sites for hydroxylation is 1. The van der Waals surface area contributed by atoms with Gasteiger partial charge in [-0.2, -0.15) is 4.98 Å². The normalized spacial score (nSPS) is 13.0. The zero-order valence-corrected chi connectivity index (χ0v) is 38.1. The predicted octanol–water partition coefficient (Wildman–Crippen LogP) is 16.2. The van der Waals surface area contributed by atoms with Gasteiger partial charge in [0.1, 0.15) is 24.0 Å². The molecule has 1 aliphatic rings. The van der Waals surface area contributed by atoms with Gasteiger partial charge in [0.15, 0.2) is 0 Å². The largest absolute Gasteiger partial charge is 0.457 e. The maximum Gasteiger partial charge on any atom is 0.228 e. The Morgan fingerprint density at radius 3 is 1.80 bits per heavy atom. The van der Waals surface area contributed by atoms with Gasteiger partial charge in [0.25, 0.3) is 0 Å². The summed E-state index contributed by atoms with van der Waals surface area (Å²) in [5, 5.41) is 3.30. The highest BCUT2D eigenvalue weighted by Crippen LogP contribution is 2.52. The lowest BCUT2D eigenvalue weighted by atomic mass is 9.82. The van der Waals surface area contributed by atoms with Crippen LogP contribution in [0.4, 0.5) is 22.7 Å². The van der Waals surface area contributed by atoms with Gasteiger partial charge in [-0.15, -0.1) is 0 Å². The lowest BCUT2D eigenvalue weighted by molar-refractivity contribution is 0.479. The Balaban J connectivity index is 1.04. The molecule has 320 valence electrons. The van der Waals surface area contributed by atoms with Crippen molar-refractivity contribution in [3.05, 3.63) is 193 Å². The number of furan rings is 1. The number of rotatable bonds is 7. The molecule has 3 aromatic heterocycles. The number of hydrogen-bond acceptors (Lipinski definition) is 5. The molecule has 6 nitrogen and oxygen atoms in total. The number of para-hydroxylation sites is 3. The van der Waals surface area contributed by atoms with Crippen LogP contribution in [-0.4, -0.2) is 16.2 Å². The molecule has 0 saturated carbocycles. The van der Waals surface area contributed by atoms with Crippen LogP contribution in [0.1, 0.15) is 58.2 Å². The number of anilines is 4. The first-order valence-electron chi connectivity index (χ1n) is 22.5. The molecule has 0 bridgehead atoms. The second kappa shape index (κ2) is 15.3. The summed E-state index contributed by atoms with van der Waals surface area (Å²) < 4.78 is 15.0. The lowest BCUT2D eigenvalue weighted by Gasteiger charge is -2.30. The molecule has 7 aromatic carbocycles. The first kappa shape index (κ1) is 40.2. The van der Waals surface area contributed by atoms with Crippen molar-refractivity contribution in [2.45, 2.75) is 59.3 Å². The standard InChI is InChI=1S/C59H52N4O2/c1-38-30-55(60-57-46(38)28-29-64-57)63-51-23-15-14-22-47(51)48-27-26-44(36-54(48)63)65-45-32-41(58(2,3)4)31-43(35-45)61-37-62(53-25-17-16-24-52(53)61)56-49(39-18-10-8-11-19-39)33-42(59(5,6)7)34-50(56)40-20-12-9-13-21-40/h8-36H,37H2,1-7H3. The Bertz CT molecular complexity index is 3360. The summed E-state index contributed by atoms with van der Waals surface area (Å²) in [6, 6.07) is 61.1. The second-order valence-electron chi connectivity index (χ2n) is 19.4. The van der Waals surface area contributed by atoms with Crippen molar-refractivity contribution in [3.63, 3.8) is 0 Å². The monoisotopic (exact) mass is 848 g/mol. The van der Waals surface area contributed by atoms with Crippen molar-refractivity contribution < 1.29 is 9.15 Å². The minimum absolute atomic E-state index is 0.0599. The van der Waals surface area contributed by atoms with Crippen molar-refractivity contribution in [2.24, 2.45) is 0 Å². The molecule has 0 radical (unpaired) electrons. The second-order valence-corrected chi connectivity index (χ2v) is 19.4. The Kier molecular flexibility index (Phi) is 9.47. The van der Waals surface area contributed by atoms with Crippen LogP contribution in [-0.2, 0) is 10.8 Å². The van der Waals surface area contributed by atoms with Crippen LogP contribution in [0.15, 0.2) is 181 Å². The van der Waals surface area contributed by atoms with Gasteiger partial charge in [-0.3, -0.25) is 4.57 Å². The smallest absolute Gasteiger partial charge is 0.228 e.